The first kappa shape index (κ1) is 18.8. The third-order valence-corrected chi connectivity index (χ3v) is 5.10. The van der Waals surface area contributed by atoms with Gasteiger partial charge in [0.2, 0.25) is 5.91 Å². The second-order valence-corrected chi connectivity index (χ2v) is 7.42. The second kappa shape index (κ2) is 9.11. The number of nitriles is 1. The molecule has 2 aromatic carbocycles. The first-order valence-electron chi connectivity index (χ1n) is 8.91. The Kier molecular flexibility index (Phi) is 6.35. The van der Waals surface area contributed by atoms with Crippen LogP contribution in [0.5, 0.6) is 0 Å². The summed E-state index contributed by atoms with van der Waals surface area (Å²) in [5.74, 6) is 0.0499. The van der Waals surface area contributed by atoms with Crippen LogP contribution in [0.1, 0.15) is 28.1 Å². The average Bonchev–Trinajstić information content (AvgIpc) is 3.13. The zero-order valence-electron chi connectivity index (χ0n) is 15.2. The lowest BCUT2D eigenvalue weighted by Gasteiger charge is -2.06. The minimum absolute atomic E-state index is 0.0499. The van der Waals surface area contributed by atoms with E-state index in [9.17, 15) is 4.79 Å². The van der Waals surface area contributed by atoms with Crippen molar-refractivity contribution >= 4 is 17.2 Å². The molecule has 1 heterocycles. The number of amides is 1. The molecule has 0 radical (unpaired) electrons. The molecule has 0 bridgehead atoms. The minimum atomic E-state index is 0.0499. The summed E-state index contributed by atoms with van der Waals surface area (Å²) in [6.07, 6.45) is 1.94. The van der Waals surface area contributed by atoms with Crippen molar-refractivity contribution in [3.8, 4) is 17.3 Å². The van der Waals surface area contributed by atoms with Gasteiger partial charge in [0.1, 0.15) is 0 Å². The normalized spacial score (nSPS) is 10.4. The number of rotatable bonds is 7. The molecule has 136 valence electrons. The summed E-state index contributed by atoms with van der Waals surface area (Å²) in [7, 11) is 0. The Balaban J connectivity index is 1.41. The van der Waals surface area contributed by atoms with Crippen molar-refractivity contribution < 1.29 is 4.79 Å². The Morgan fingerprint density at radius 2 is 1.74 bits per heavy atom. The highest BCUT2D eigenvalue weighted by molar-refractivity contribution is 7.09. The largest absolute Gasteiger partial charge is 0.356 e. The number of benzene rings is 2. The number of hydrogen-bond acceptors (Lipinski definition) is 4. The minimum Gasteiger partial charge on any atom is -0.356 e. The lowest BCUT2D eigenvalue weighted by molar-refractivity contribution is -0.121. The predicted molar refractivity (Wildman–Crippen MR) is 108 cm³/mol. The third-order valence-electron chi connectivity index (χ3n) is 4.33. The molecule has 0 aliphatic rings. The van der Waals surface area contributed by atoms with Crippen molar-refractivity contribution in [1.29, 1.82) is 5.26 Å². The number of carbonyl (C=O) groups excluding carboxylic acids is 1. The van der Waals surface area contributed by atoms with Crippen molar-refractivity contribution in [2.24, 2.45) is 0 Å². The molecular formula is C22H21N3OS. The Bertz CT molecular complexity index is 937. The molecule has 0 unspecified atom stereocenters. The number of nitrogens with one attached hydrogen (secondary N) is 1. The van der Waals surface area contributed by atoms with Crippen molar-refractivity contribution in [2.75, 3.05) is 6.54 Å². The standard InChI is InChI=1S/C22H21N3OS/c1-16-25-21(15-27-16)20-9-6-18(7-10-20)12-13-24-22(26)11-8-17-2-4-19(14-23)5-3-17/h2-7,9-10,15H,8,11-13H2,1H3,(H,24,26). The molecule has 0 atom stereocenters. The van der Waals surface area contributed by atoms with Crippen LogP contribution in [0.15, 0.2) is 53.9 Å². The van der Waals surface area contributed by atoms with E-state index in [0.29, 0.717) is 24.9 Å². The fourth-order valence-corrected chi connectivity index (χ4v) is 3.40. The van der Waals surface area contributed by atoms with Gasteiger partial charge >= 0.3 is 0 Å². The van der Waals surface area contributed by atoms with E-state index in [-0.39, 0.29) is 5.91 Å². The van der Waals surface area contributed by atoms with Crippen LogP contribution in [0.25, 0.3) is 11.3 Å². The van der Waals surface area contributed by atoms with E-state index in [1.165, 1.54) is 5.56 Å². The molecule has 1 N–H and O–H groups in total. The fourth-order valence-electron chi connectivity index (χ4n) is 2.78. The Labute approximate surface area is 163 Å². The highest BCUT2D eigenvalue weighted by Crippen LogP contribution is 2.21. The van der Waals surface area contributed by atoms with Gasteiger partial charge in [-0.05, 0) is 43.0 Å². The van der Waals surface area contributed by atoms with Crippen LogP contribution in [0.3, 0.4) is 0 Å². The van der Waals surface area contributed by atoms with Crippen molar-refractivity contribution in [3.63, 3.8) is 0 Å². The lowest BCUT2D eigenvalue weighted by Crippen LogP contribution is -2.25. The van der Waals surface area contributed by atoms with Crippen molar-refractivity contribution in [2.45, 2.75) is 26.2 Å². The van der Waals surface area contributed by atoms with E-state index < -0.39 is 0 Å². The zero-order chi connectivity index (χ0) is 19.1. The summed E-state index contributed by atoms with van der Waals surface area (Å²) in [6, 6.07) is 17.8. The second-order valence-electron chi connectivity index (χ2n) is 6.36. The van der Waals surface area contributed by atoms with Crippen LogP contribution < -0.4 is 5.32 Å². The molecular weight excluding hydrogens is 354 g/mol. The molecule has 3 rings (SSSR count). The van der Waals surface area contributed by atoms with Gasteiger partial charge in [0, 0.05) is 23.9 Å². The van der Waals surface area contributed by atoms with E-state index in [4.69, 9.17) is 5.26 Å². The van der Waals surface area contributed by atoms with Gasteiger partial charge in [0.25, 0.3) is 0 Å². The third kappa shape index (κ3) is 5.50. The highest BCUT2D eigenvalue weighted by atomic mass is 32.1. The maximum absolute atomic E-state index is 12.0. The molecule has 4 nitrogen and oxygen atoms in total. The van der Waals surface area contributed by atoms with E-state index in [2.05, 4.69) is 46.0 Å². The van der Waals surface area contributed by atoms with Gasteiger partial charge in [-0.15, -0.1) is 11.3 Å². The van der Waals surface area contributed by atoms with E-state index in [1.807, 2.05) is 19.1 Å². The highest BCUT2D eigenvalue weighted by Gasteiger charge is 2.04. The maximum atomic E-state index is 12.0. The van der Waals surface area contributed by atoms with Crippen LogP contribution in [0.4, 0.5) is 0 Å². The van der Waals surface area contributed by atoms with Gasteiger partial charge in [-0.2, -0.15) is 5.26 Å². The molecule has 0 aliphatic heterocycles. The Hall–Kier alpha value is -2.97. The summed E-state index contributed by atoms with van der Waals surface area (Å²) in [5.41, 5.74) is 5.03. The lowest BCUT2D eigenvalue weighted by atomic mass is 10.1. The summed E-state index contributed by atoms with van der Waals surface area (Å²) >= 11 is 1.65. The van der Waals surface area contributed by atoms with Gasteiger partial charge in [-0.25, -0.2) is 4.98 Å². The molecule has 1 amide bonds. The number of aryl methyl sites for hydroxylation is 2. The molecule has 3 aromatic rings. The number of thiazole rings is 1. The smallest absolute Gasteiger partial charge is 0.220 e. The first-order chi connectivity index (χ1) is 13.1. The zero-order valence-corrected chi connectivity index (χ0v) is 16.1. The average molecular weight is 375 g/mol. The van der Waals surface area contributed by atoms with E-state index in [0.717, 1.165) is 28.2 Å². The Morgan fingerprint density at radius 3 is 2.37 bits per heavy atom. The number of nitrogens with zero attached hydrogens (tertiary/aromatic N) is 2. The van der Waals surface area contributed by atoms with Crippen LogP contribution in [-0.2, 0) is 17.6 Å². The molecule has 0 saturated heterocycles. The number of carbonyl (C=O) groups is 1. The molecule has 0 aliphatic carbocycles. The molecule has 27 heavy (non-hydrogen) atoms. The van der Waals surface area contributed by atoms with E-state index >= 15 is 0 Å². The summed E-state index contributed by atoms with van der Waals surface area (Å²) < 4.78 is 0. The SMILES string of the molecule is Cc1nc(-c2ccc(CCNC(=O)CCc3ccc(C#N)cc3)cc2)cs1. The van der Waals surface area contributed by atoms with Gasteiger partial charge in [-0.3, -0.25) is 4.79 Å². The van der Waals surface area contributed by atoms with E-state index in [1.54, 1.807) is 23.5 Å². The molecule has 0 saturated carbocycles. The topological polar surface area (TPSA) is 65.8 Å². The van der Waals surface area contributed by atoms with Crippen LogP contribution in [0, 0.1) is 18.3 Å². The van der Waals surface area contributed by atoms with Gasteiger partial charge in [0.15, 0.2) is 0 Å². The van der Waals surface area contributed by atoms with Crippen LogP contribution >= 0.6 is 11.3 Å². The number of aromatic nitrogens is 1. The predicted octanol–water partition coefficient (Wildman–Crippen LogP) is 4.28. The fraction of sp³-hybridized carbons (Fsp3) is 0.227. The molecule has 1 aromatic heterocycles. The maximum Gasteiger partial charge on any atom is 0.220 e. The van der Waals surface area contributed by atoms with Gasteiger partial charge < -0.3 is 5.32 Å². The first-order valence-corrected chi connectivity index (χ1v) is 9.79. The number of hydrogen-bond donors (Lipinski definition) is 1. The Morgan fingerprint density at radius 1 is 1.07 bits per heavy atom. The molecule has 0 fully saturated rings. The summed E-state index contributed by atoms with van der Waals surface area (Å²) in [5, 5.41) is 14.9. The van der Waals surface area contributed by atoms with Gasteiger partial charge in [-0.1, -0.05) is 36.4 Å². The summed E-state index contributed by atoms with van der Waals surface area (Å²) in [6.45, 7) is 2.63. The molecule has 0 spiro atoms. The van der Waals surface area contributed by atoms with Crippen LogP contribution in [0.2, 0.25) is 0 Å². The van der Waals surface area contributed by atoms with Crippen LogP contribution in [-0.4, -0.2) is 17.4 Å². The quantitative estimate of drug-likeness (QED) is 0.670. The monoisotopic (exact) mass is 375 g/mol. The van der Waals surface area contributed by atoms with Crippen molar-refractivity contribution in [1.82, 2.24) is 10.3 Å². The summed E-state index contributed by atoms with van der Waals surface area (Å²) in [4.78, 5) is 16.5. The van der Waals surface area contributed by atoms with Gasteiger partial charge in [0.05, 0.1) is 22.3 Å². The molecule has 5 heteroatoms. The van der Waals surface area contributed by atoms with Crippen molar-refractivity contribution in [3.05, 3.63) is 75.6 Å².